The van der Waals surface area contributed by atoms with Crippen LogP contribution in [-0.2, 0) is 27.2 Å². The summed E-state index contributed by atoms with van der Waals surface area (Å²) in [6.07, 6.45) is 1.91. The lowest BCUT2D eigenvalue weighted by Crippen LogP contribution is -2.40. The number of carboxylic acid groups (broad SMARTS) is 1. The maximum absolute atomic E-state index is 13.7. The van der Waals surface area contributed by atoms with Crippen molar-refractivity contribution >= 4 is 39.5 Å². The summed E-state index contributed by atoms with van der Waals surface area (Å²) in [5, 5.41) is 9.75. The number of carbonyl (C=O) groups is 3. The molecule has 1 fully saturated rings. The first-order valence-electron chi connectivity index (χ1n) is 13.8. The van der Waals surface area contributed by atoms with Gasteiger partial charge in [0.15, 0.2) is 23.3 Å². The monoisotopic (exact) mass is 689 g/mol. The number of aliphatic imine (C=N–C) groups is 1. The average Bonchev–Trinajstić information content (AvgIpc) is 2.97. The number of ether oxygens (including phenoxy) is 2. The van der Waals surface area contributed by atoms with Gasteiger partial charge in [-0.15, -0.1) is 0 Å². The van der Waals surface area contributed by atoms with Gasteiger partial charge in [-0.1, -0.05) is 60.2 Å². The Labute approximate surface area is 261 Å². The summed E-state index contributed by atoms with van der Waals surface area (Å²) < 4.78 is 56.5. The van der Waals surface area contributed by atoms with E-state index < -0.39 is 24.0 Å². The Morgan fingerprint density at radius 3 is 2.32 bits per heavy atom. The fraction of sp³-hybridized carbons (Fsp3) is 0.467. The number of amides is 1. The van der Waals surface area contributed by atoms with Crippen molar-refractivity contribution in [1.29, 1.82) is 0 Å². The van der Waals surface area contributed by atoms with Crippen LogP contribution in [0.25, 0.3) is 0 Å². The number of rotatable bonds is 11. The van der Waals surface area contributed by atoms with Crippen LogP contribution in [0, 0.1) is 11.7 Å². The number of guanidine groups is 1. The van der Waals surface area contributed by atoms with E-state index in [1.54, 1.807) is 37.4 Å². The molecule has 0 saturated heterocycles. The van der Waals surface area contributed by atoms with Crippen molar-refractivity contribution in [3.63, 3.8) is 0 Å². The molecule has 1 aliphatic carbocycles. The van der Waals surface area contributed by atoms with Gasteiger partial charge in [-0.3, -0.25) is 14.9 Å². The molecule has 0 bridgehead atoms. The number of nitrogens with two attached hydrogens (primary N) is 1. The third kappa shape index (κ3) is 12.5. The summed E-state index contributed by atoms with van der Waals surface area (Å²) >= 11 is 3.45. The smallest absolute Gasteiger partial charge is 0.490 e. The highest BCUT2D eigenvalue weighted by Crippen LogP contribution is 2.29. The van der Waals surface area contributed by atoms with E-state index in [-0.39, 0.29) is 36.2 Å². The van der Waals surface area contributed by atoms with Crippen molar-refractivity contribution in [2.75, 3.05) is 14.2 Å². The Morgan fingerprint density at radius 2 is 1.75 bits per heavy atom. The number of methoxy groups -OCH3 is 2. The molecule has 242 valence electrons. The molecule has 1 saturated carbocycles. The number of hydrogen-bond donors (Lipinski definition) is 3. The molecule has 2 aromatic rings. The maximum atomic E-state index is 13.7. The van der Waals surface area contributed by atoms with Crippen molar-refractivity contribution < 1.29 is 46.5 Å². The van der Waals surface area contributed by atoms with E-state index in [9.17, 15) is 27.2 Å². The first kappa shape index (κ1) is 36.5. The van der Waals surface area contributed by atoms with Crippen LogP contribution in [0.2, 0.25) is 0 Å². The van der Waals surface area contributed by atoms with Crippen LogP contribution in [0.5, 0.6) is 11.5 Å². The van der Waals surface area contributed by atoms with Crippen molar-refractivity contribution in [3.05, 3.63) is 57.8 Å². The Kier molecular flexibility index (Phi) is 14.6. The summed E-state index contributed by atoms with van der Waals surface area (Å²) in [5.74, 6) is -2.41. The number of Topliss-reactive ketones (excluding diaryl/α,β-unsaturated/α-hetero) is 1. The van der Waals surface area contributed by atoms with Crippen molar-refractivity contribution in [2.45, 2.75) is 70.0 Å². The molecule has 4 N–H and O–H groups in total. The molecule has 1 aliphatic rings. The number of hydrogen-bond acceptors (Lipinski definition) is 6. The SMILES string of the molecule is COc1ccc(CC(=O)NC(N)=N[C@H](CC2CCCCC2)C(=O)CCc2ccc(F)c(OC)c2)c(Br)c1.O=C(O)C(F)(F)F. The number of alkyl halides is 3. The maximum Gasteiger partial charge on any atom is 0.490 e. The first-order valence-corrected chi connectivity index (χ1v) is 14.6. The molecule has 9 nitrogen and oxygen atoms in total. The van der Waals surface area contributed by atoms with E-state index in [0.29, 0.717) is 24.5 Å². The van der Waals surface area contributed by atoms with Gasteiger partial charge in [-0.05, 0) is 54.2 Å². The van der Waals surface area contributed by atoms with Crippen molar-refractivity contribution in [1.82, 2.24) is 5.32 Å². The van der Waals surface area contributed by atoms with Gasteiger partial charge in [0.25, 0.3) is 0 Å². The fourth-order valence-electron chi connectivity index (χ4n) is 4.65. The minimum absolute atomic E-state index is 0.0519. The van der Waals surface area contributed by atoms with E-state index in [1.165, 1.54) is 19.6 Å². The molecule has 14 heteroatoms. The van der Waals surface area contributed by atoms with Gasteiger partial charge in [0.1, 0.15) is 11.8 Å². The van der Waals surface area contributed by atoms with Gasteiger partial charge >= 0.3 is 12.1 Å². The van der Waals surface area contributed by atoms with Gasteiger partial charge in [0.05, 0.1) is 20.6 Å². The van der Waals surface area contributed by atoms with Gasteiger partial charge in [-0.25, -0.2) is 14.2 Å². The predicted molar refractivity (Wildman–Crippen MR) is 159 cm³/mol. The first-order chi connectivity index (χ1) is 20.7. The van der Waals surface area contributed by atoms with Crippen LogP contribution in [0.1, 0.15) is 56.1 Å². The van der Waals surface area contributed by atoms with E-state index >= 15 is 0 Å². The second kappa shape index (κ2) is 17.6. The fourth-order valence-corrected chi connectivity index (χ4v) is 5.15. The van der Waals surface area contributed by atoms with Crippen molar-refractivity contribution in [2.24, 2.45) is 16.6 Å². The zero-order valence-electron chi connectivity index (χ0n) is 24.4. The summed E-state index contributed by atoms with van der Waals surface area (Å²) in [6.45, 7) is 0. The Balaban J connectivity index is 0.000000860. The number of aryl methyl sites for hydroxylation is 1. The molecule has 0 radical (unpaired) electrons. The highest BCUT2D eigenvalue weighted by molar-refractivity contribution is 9.10. The van der Waals surface area contributed by atoms with Crippen LogP contribution in [0.15, 0.2) is 45.9 Å². The lowest BCUT2D eigenvalue weighted by molar-refractivity contribution is -0.192. The number of benzene rings is 2. The zero-order chi connectivity index (χ0) is 32.9. The Hall–Kier alpha value is -3.68. The lowest BCUT2D eigenvalue weighted by atomic mass is 9.83. The van der Waals surface area contributed by atoms with Gasteiger partial charge in [-0.2, -0.15) is 13.2 Å². The quantitative estimate of drug-likeness (QED) is 0.155. The van der Waals surface area contributed by atoms with Crippen molar-refractivity contribution in [3.8, 4) is 11.5 Å². The highest BCUT2D eigenvalue weighted by atomic mass is 79.9. The number of ketones is 1. The highest BCUT2D eigenvalue weighted by Gasteiger charge is 2.38. The molecule has 3 rings (SSSR count). The third-order valence-corrected chi connectivity index (χ3v) is 7.68. The molecular formula is C30H36BrF4N3O6. The molecule has 0 aromatic heterocycles. The second-order valence-electron chi connectivity index (χ2n) is 10.2. The van der Waals surface area contributed by atoms with Crippen LogP contribution >= 0.6 is 15.9 Å². The van der Waals surface area contributed by atoms with Crippen LogP contribution in [0.4, 0.5) is 17.6 Å². The number of nitrogens with zero attached hydrogens (tertiary/aromatic N) is 1. The van der Waals surface area contributed by atoms with E-state index in [0.717, 1.165) is 41.3 Å². The normalized spacial score (nSPS) is 14.6. The summed E-state index contributed by atoms with van der Waals surface area (Å²) in [6, 6.07) is 9.32. The molecule has 44 heavy (non-hydrogen) atoms. The van der Waals surface area contributed by atoms with E-state index in [2.05, 4.69) is 26.2 Å². The number of carboxylic acids is 1. The minimum Gasteiger partial charge on any atom is -0.497 e. The van der Waals surface area contributed by atoms with Crippen LogP contribution in [0.3, 0.4) is 0 Å². The summed E-state index contributed by atoms with van der Waals surface area (Å²) in [5.41, 5.74) is 7.67. The zero-order valence-corrected chi connectivity index (χ0v) is 26.0. The van der Waals surface area contributed by atoms with E-state index in [1.807, 2.05) is 0 Å². The number of nitrogens with one attached hydrogen (secondary N) is 1. The number of aliphatic carboxylic acids is 1. The third-order valence-electron chi connectivity index (χ3n) is 6.94. The average molecular weight is 691 g/mol. The topological polar surface area (TPSA) is 140 Å². The molecule has 0 spiro atoms. The minimum atomic E-state index is -5.08. The molecule has 1 atom stereocenters. The summed E-state index contributed by atoms with van der Waals surface area (Å²) in [4.78, 5) is 39.2. The van der Waals surface area contributed by atoms with Gasteiger partial charge < -0.3 is 20.3 Å². The van der Waals surface area contributed by atoms with Crippen LogP contribution in [-0.4, -0.2) is 55.2 Å². The standard InChI is InChI=1S/C28H35BrFN3O4.C2HF3O2/c1-36-21-11-10-20(22(29)17-21)16-27(35)33-28(31)32-24(14-18-6-4-3-5-7-18)25(34)13-9-19-8-12-23(30)26(15-19)37-2;3-2(4,5)1(6)7/h8,10-12,15,17-18,24H,3-7,9,13-14,16H2,1-2H3,(H3,31,32,33,35);(H,6,7)/t24-;/m1./s1. The van der Waals surface area contributed by atoms with E-state index in [4.69, 9.17) is 25.1 Å². The van der Waals surface area contributed by atoms with Crippen LogP contribution < -0.4 is 20.5 Å². The van der Waals surface area contributed by atoms with Gasteiger partial charge in [0, 0.05) is 10.9 Å². The molecule has 2 aromatic carbocycles. The molecule has 1 amide bonds. The largest absolute Gasteiger partial charge is 0.497 e. The summed E-state index contributed by atoms with van der Waals surface area (Å²) in [7, 11) is 2.99. The lowest BCUT2D eigenvalue weighted by Gasteiger charge is -2.24. The Bertz CT molecular complexity index is 1320. The predicted octanol–water partition coefficient (Wildman–Crippen LogP) is 5.75. The molecule has 0 aliphatic heterocycles. The molecule has 0 heterocycles. The second-order valence-corrected chi connectivity index (χ2v) is 11.0. The molecular weight excluding hydrogens is 654 g/mol. The van der Waals surface area contributed by atoms with Gasteiger partial charge in [0.2, 0.25) is 5.91 Å². The molecule has 0 unspecified atom stereocenters. The Morgan fingerprint density at radius 1 is 1.09 bits per heavy atom. The number of halogens is 5. The number of carbonyl (C=O) groups excluding carboxylic acids is 2.